The van der Waals surface area contributed by atoms with Crippen LogP contribution in [-0.2, 0) is 9.59 Å². The predicted molar refractivity (Wildman–Crippen MR) is 79.8 cm³/mol. The Morgan fingerprint density at radius 2 is 2.16 bits per heavy atom. The normalized spacial score (nSPS) is 19.8. The number of carbonyl (C=O) groups is 2. The molecule has 0 bridgehead atoms. The SMILES string of the molecule is CC=CC=CC(=O)N1CSCC1C(=O)NCC(C)C. The molecule has 1 saturated heterocycles. The predicted octanol–water partition coefficient (Wildman–Crippen LogP) is 1.79. The highest BCUT2D eigenvalue weighted by atomic mass is 32.2. The van der Waals surface area contributed by atoms with Crippen LogP contribution >= 0.6 is 11.8 Å². The molecule has 1 atom stereocenters. The summed E-state index contributed by atoms with van der Waals surface area (Å²) in [5, 5.41) is 2.89. The first-order valence-corrected chi connectivity index (χ1v) is 7.67. The minimum atomic E-state index is -0.341. The van der Waals surface area contributed by atoms with Crippen LogP contribution in [-0.4, -0.2) is 40.9 Å². The Hall–Kier alpha value is -1.23. The lowest BCUT2D eigenvalue weighted by Crippen LogP contribution is -2.47. The van der Waals surface area contributed by atoms with Crippen LogP contribution in [0.1, 0.15) is 20.8 Å². The highest BCUT2D eigenvalue weighted by Crippen LogP contribution is 2.21. The van der Waals surface area contributed by atoms with Crippen molar-refractivity contribution in [3.8, 4) is 0 Å². The number of allylic oxidation sites excluding steroid dienone is 3. The summed E-state index contributed by atoms with van der Waals surface area (Å²) in [7, 11) is 0. The van der Waals surface area contributed by atoms with Gasteiger partial charge in [0.25, 0.3) is 0 Å². The van der Waals surface area contributed by atoms with E-state index in [1.165, 1.54) is 6.08 Å². The van der Waals surface area contributed by atoms with Crippen molar-refractivity contribution >= 4 is 23.6 Å². The Labute approximate surface area is 119 Å². The van der Waals surface area contributed by atoms with Crippen molar-refractivity contribution < 1.29 is 9.59 Å². The zero-order chi connectivity index (χ0) is 14.3. The summed E-state index contributed by atoms with van der Waals surface area (Å²) in [5.41, 5.74) is 0. The van der Waals surface area contributed by atoms with E-state index >= 15 is 0 Å². The molecule has 1 N–H and O–H groups in total. The van der Waals surface area contributed by atoms with E-state index in [-0.39, 0.29) is 17.9 Å². The minimum Gasteiger partial charge on any atom is -0.354 e. The van der Waals surface area contributed by atoms with Gasteiger partial charge in [0.2, 0.25) is 11.8 Å². The number of hydrogen-bond acceptors (Lipinski definition) is 3. The third kappa shape index (κ3) is 5.11. The fraction of sp³-hybridized carbons (Fsp3) is 0.571. The molecule has 1 aliphatic heterocycles. The van der Waals surface area contributed by atoms with Gasteiger partial charge >= 0.3 is 0 Å². The summed E-state index contributed by atoms with van der Waals surface area (Å²) in [4.78, 5) is 25.6. The molecular weight excluding hydrogens is 260 g/mol. The molecule has 106 valence electrons. The Kier molecular flexibility index (Phi) is 6.70. The molecule has 19 heavy (non-hydrogen) atoms. The number of nitrogens with zero attached hydrogens (tertiary/aromatic N) is 1. The van der Waals surface area contributed by atoms with Gasteiger partial charge in [-0.15, -0.1) is 11.8 Å². The highest BCUT2D eigenvalue weighted by Gasteiger charge is 2.33. The summed E-state index contributed by atoms with van der Waals surface area (Å²) in [6.45, 7) is 6.64. The molecule has 0 aromatic rings. The molecule has 1 unspecified atom stereocenters. The molecule has 4 nitrogen and oxygen atoms in total. The van der Waals surface area contributed by atoms with E-state index in [9.17, 15) is 9.59 Å². The van der Waals surface area contributed by atoms with Gasteiger partial charge in [-0.1, -0.05) is 32.1 Å². The molecule has 0 radical (unpaired) electrons. The van der Waals surface area contributed by atoms with Crippen molar-refractivity contribution in [2.45, 2.75) is 26.8 Å². The zero-order valence-electron chi connectivity index (χ0n) is 11.8. The number of rotatable bonds is 5. The largest absolute Gasteiger partial charge is 0.354 e. The van der Waals surface area contributed by atoms with Gasteiger partial charge in [-0.05, 0) is 12.8 Å². The summed E-state index contributed by atoms with van der Waals surface area (Å²) in [5.74, 6) is 1.52. The molecule has 0 saturated carbocycles. The molecular formula is C14H22N2O2S. The average Bonchev–Trinajstić information content (AvgIpc) is 2.85. The van der Waals surface area contributed by atoms with E-state index in [4.69, 9.17) is 0 Å². The molecule has 0 aromatic heterocycles. The van der Waals surface area contributed by atoms with Gasteiger partial charge in [-0.2, -0.15) is 0 Å². The second-order valence-corrected chi connectivity index (χ2v) is 5.85. The molecule has 1 aliphatic rings. The maximum Gasteiger partial charge on any atom is 0.247 e. The summed E-state index contributed by atoms with van der Waals surface area (Å²) in [6, 6.07) is -0.341. The Morgan fingerprint density at radius 1 is 1.42 bits per heavy atom. The molecule has 0 spiro atoms. The summed E-state index contributed by atoms with van der Waals surface area (Å²) >= 11 is 1.61. The quantitative estimate of drug-likeness (QED) is 0.618. The number of amides is 2. The molecule has 2 amide bonds. The third-order valence-electron chi connectivity index (χ3n) is 2.69. The monoisotopic (exact) mass is 282 g/mol. The van der Waals surface area contributed by atoms with Crippen LogP contribution in [0.5, 0.6) is 0 Å². The lowest BCUT2D eigenvalue weighted by Gasteiger charge is -2.22. The molecule has 5 heteroatoms. The van der Waals surface area contributed by atoms with Crippen molar-refractivity contribution in [1.29, 1.82) is 0 Å². The minimum absolute atomic E-state index is 0.0496. The number of nitrogens with one attached hydrogen (secondary N) is 1. The Balaban J connectivity index is 2.58. The Bertz CT molecular complexity index is 378. The van der Waals surface area contributed by atoms with E-state index in [1.807, 2.05) is 26.8 Å². The summed E-state index contributed by atoms with van der Waals surface area (Å²) < 4.78 is 0. The van der Waals surface area contributed by atoms with E-state index in [0.29, 0.717) is 24.1 Å². The smallest absolute Gasteiger partial charge is 0.247 e. The molecule has 1 fully saturated rings. The molecule has 1 heterocycles. The van der Waals surface area contributed by atoms with Gasteiger partial charge in [-0.3, -0.25) is 9.59 Å². The van der Waals surface area contributed by atoms with Crippen molar-refractivity contribution in [2.24, 2.45) is 5.92 Å². The van der Waals surface area contributed by atoms with Gasteiger partial charge in [-0.25, -0.2) is 0 Å². The van der Waals surface area contributed by atoms with E-state index in [0.717, 1.165) is 0 Å². The van der Waals surface area contributed by atoms with E-state index in [2.05, 4.69) is 5.32 Å². The first-order chi connectivity index (χ1) is 9.06. The van der Waals surface area contributed by atoms with Crippen LogP contribution < -0.4 is 5.32 Å². The van der Waals surface area contributed by atoms with Crippen LogP contribution in [0.25, 0.3) is 0 Å². The zero-order valence-corrected chi connectivity index (χ0v) is 12.6. The first kappa shape index (κ1) is 15.8. The molecule has 1 rings (SSSR count). The fourth-order valence-electron chi connectivity index (χ4n) is 1.64. The summed E-state index contributed by atoms with van der Waals surface area (Å²) in [6.07, 6.45) is 6.87. The second kappa shape index (κ2) is 8.04. The fourth-order valence-corrected chi connectivity index (χ4v) is 2.81. The Morgan fingerprint density at radius 3 is 2.79 bits per heavy atom. The van der Waals surface area contributed by atoms with Gasteiger partial charge in [0.1, 0.15) is 6.04 Å². The lowest BCUT2D eigenvalue weighted by atomic mass is 10.2. The third-order valence-corrected chi connectivity index (χ3v) is 3.71. The van der Waals surface area contributed by atoms with Crippen molar-refractivity contribution in [3.05, 3.63) is 24.3 Å². The second-order valence-electron chi connectivity index (χ2n) is 4.85. The molecule has 0 aliphatic carbocycles. The van der Waals surface area contributed by atoms with Gasteiger partial charge < -0.3 is 10.2 Å². The molecule has 0 aromatic carbocycles. The standard InChI is InChI=1S/C14H22N2O2S/c1-4-5-6-7-13(17)16-10-19-9-12(16)14(18)15-8-11(2)3/h4-7,11-12H,8-10H2,1-3H3,(H,15,18). The van der Waals surface area contributed by atoms with Crippen LogP contribution in [0.3, 0.4) is 0 Å². The van der Waals surface area contributed by atoms with Gasteiger partial charge in [0, 0.05) is 18.4 Å². The van der Waals surface area contributed by atoms with Crippen LogP contribution in [0.2, 0.25) is 0 Å². The van der Waals surface area contributed by atoms with Gasteiger partial charge in [0.05, 0.1) is 5.88 Å². The van der Waals surface area contributed by atoms with Crippen LogP contribution in [0.15, 0.2) is 24.3 Å². The average molecular weight is 282 g/mol. The maximum atomic E-state index is 12.0. The van der Waals surface area contributed by atoms with Crippen molar-refractivity contribution in [2.75, 3.05) is 18.2 Å². The van der Waals surface area contributed by atoms with Gasteiger partial charge in [0.15, 0.2) is 0 Å². The maximum absolute atomic E-state index is 12.0. The number of hydrogen-bond donors (Lipinski definition) is 1. The van der Waals surface area contributed by atoms with Crippen LogP contribution in [0, 0.1) is 5.92 Å². The van der Waals surface area contributed by atoms with Crippen molar-refractivity contribution in [1.82, 2.24) is 10.2 Å². The number of carbonyl (C=O) groups excluding carboxylic acids is 2. The van der Waals surface area contributed by atoms with E-state index < -0.39 is 0 Å². The van der Waals surface area contributed by atoms with Crippen LogP contribution in [0.4, 0.5) is 0 Å². The van der Waals surface area contributed by atoms with Crippen molar-refractivity contribution in [3.63, 3.8) is 0 Å². The number of thioether (sulfide) groups is 1. The first-order valence-electron chi connectivity index (χ1n) is 6.51. The topological polar surface area (TPSA) is 49.4 Å². The lowest BCUT2D eigenvalue weighted by molar-refractivity contribution is -0.134. The van der Waals surface area contributed by atoms with E-state index in [1.54, 1.807) is 28.8 Å². The highest BCUT2D eigenvalue weighted by molar-refractivity contribution is 7.99.